The highest BCUT2D eigenvalue weighted by molar-refractivity contribution is 5.85. The van der Waals surface area contributed by atoms with Gasteiger partial charge in [0.15, 0.2) is 0 Å². The lowest BCUT2D eigenvalue weighted by Gasteiger charge is -2.28. The zero-order chi connectivity index (χ0) is 23.2. The number of rotatable bonds is 18. The second-order valence-electron chi connectivity index (χ2n) is 9.25. The molecule has 6 nitrogen and oxygen atoms in total. The third kappa shape index (κ3) is 9.76. The van der Waals surface area contributed by atoms with Crippen molar-refractivity contribution in [2.45, 2.75) is 96.6 Å². The Labute approximate surface area is 195 Å². The molecule has 32 heavy (non-hydrogen) atoms. The van der Waals surface area contributed by atoms with Gasteiger partial charge in [-0.1, -0.05) is 58.3 Å². The van der Waals surface area contributed by atoms with Crippen LogP contribution in [0.4, 0.5) is 0 Å². The molecule has 0 aliphatic heterocycles. The van der Waals surface area contributed by atoms with Crippen LogP contribution >= 0.6 is 0 Å². The fourth-order valence-electron chi connectivity index (χ4n) is 4.13. The number of ether oxygens (including phenoxy) is 1. The first-order valence-electron chi connectivity index (χ1n) is 12.7. The molecule has 0 aromatic carbocycles. The summed E-state index contributed by atoms with van der Waals surface area (Å²) in [5, 5.41) is 0. The Morgan fingerprint density at radius 1 is 1.03 bits per heavy atom. The molecule has 182 valence electrons. The van der Waals surface area contributed by atoms with E-state index in [9.17, 15) is 9.59 Å². The molecule has 1 aromatic rings. The molecule has 1 aromatic heterocycles. The van der Waals surface area contributed by atoms with Crippen LogP contribution < -0.4 is 0 Å². The summed E-state index contributed by atoms with van der Waals surface area (Å²) in [5.41, 5.74) is 1.12. The molecule has 0 bridgehead atoms. The lowest BCUT2D eigenvalue weighted by molar-refractivity contribution is -0.141. The van der Waals surface area contributed by atoms with Gasteiger partial charge in [-0.3, -0.25) is 9.59 Å². The summed E-state index contributed by atoms with van der Waals surface area (Å²) >= 11 is 0. The Kier molecular flexibility index (Phi) is 12.5. The van der Waals surface area contributed by atoms with E-state index in [-0.39, 0.29) is 18.4 Å². The number of amides is 2. The van der Waals surface area contributed by atoms with Gasteiger partial charge in [0.1, 0.15) is 0 Å². The Balaban J connectivity index is 1.77. The minimum Gasteiger partial charge on any atom is -0.383 e. The van der Waals surface area contributed by atoms with Crippen LogP contribution in [-0.4, -0.2) is 59.0 Å². The first-order chi connectivity index (χ1) is 15.6. The van der Waals surface area contributed by atoms with Crippen LogP contribution in [0.2, 0.25) is 0 Å². The van der Waals surface area contributed by atoms with E-state index in [0.29, 0.717) is 32.2 Å². The number of hydrogen-bond acceptors (Lipinski definition) is 3. The van der Waals surface area contributed by atoms with Gasteiger partial charge in [-0.2, -0.15) is 0 Å². The Morgan fingerprint density at radius 2 is 1.69 bits per heavy atom. The fourth-order valence-corrected chi connectivity index (χ4v) is 4.13. The highest BCUT2D eigenvalue weighted by Gasteiger charge is 2.34. The number of aromatic nitrogens is 1. The molecule has 1 fully saturated rings. The van der Waals surface area contributed by atoms with E-state index < -0.39 is 0 Å². The van der Waals surface area contributed by atoms with Crippen LogP contribution in [0, 0.1) is 0 Å². The summed E-state index contributed by atoms with van der Waals surface area (Å²) < 4.78 is 7.26. The van der Waals surface area contributed by atoms with Crippen LogP contribution in [0.5, 0.6) is 0 Å². The quantitative estimate of drug-likeness (QED) is 0.300. The summed E-state index contributed by atoms with van der Waals surface area (Å²) in [5.74, 6) is 0.123. The maximum Gasteiger partial charge on any atom is 0.242 e. The lowest BCUT2D eigenvalue weighted by Crippen LogP contribution is -2.44. The predicted octanol–water partition coefficient (Wildman–Crippen LogP) is 4.91. The summed E-state index contributed by atoms with van der Waals surface area (Å²) in [6, 6.07) is 4.37. The zero-order valence-corrected chi connectivity index (χ0v) is 20.7. The molecule has 1 saturated carbocycles. The van der Waals surface area contributed by atoms with Gasteiger partial charge in [0, 0.05) is 45.1 Å². The van der Waals surface area contributed by atoms with Crippen LogP contribution in [0.15, 0.2) is 18.3 Å². The second-order valence-corrected chi connectivity index (χ2v) is 9.25. The molecule has 0 spiro atoms. The molecule has 1 aliphatic carbocycles. The van der Waals surface area contributed by atoms with E-state index in [1.807, 2.05) is 24.2 Å². The van der Waals surface area contributed by atoms with Crippen molar-refractivity contribution in [2.75, 3.05) is 26.8 Å². The number of unbranched alkanes of at least 4 members (excludes halogenated alkanes) is 8. The van der Waals surface area contributed by atoms with E-state index in [0.717, 1.165) is 31.4 Å². The molecular weight excluding hydrogens is 402 g/mol. The topological polar surface area (TPSA) is 54.8 Å². The van der Waals surface area contributed by atoms with E-state index in [4.69, 9.17) is 4.74 Å². The van der Waals surface area contributed by atoms with Crippen molar-refractivity contribution in [1.82, 2.24) is 14.4 Å². The Hall–Kier alpha value is -1.82. The average Bonchev–Trinajstić information content (AvgIpc) is 3.54. The Bertz CT molecular complexity index is 669. The van der Waals surface area contributed by atoms with Crippen molar-refractivity contribution in [1.29, 1.82) is 0 Å². The van der Waals surface area contributed by atoms with E-state index >= 15 is 0 Å². The van der Waals surface area contributed by atoms with Crippen molar-refractivity contribution in [3.05, 3.63) is 24.0 Å². The number of aryl methyl sites for hydroxylation is 1. The normalized spacial score (nSPS) is 13.3. The lowest BCUT2D eigenvalue weighted by atomic mass is 10.1. The molecule has 2 amide bonds. The van der Waals surface area contributed by atoms with Gasteiger partial charge < -0.3 is 19.1 Å². The van der Waals surface area contributed by atoms with Gasteiger partial charge in [0.25, 0.3) is 0 Å². The molecule has 2 rings (SSSR count). The summed E-state index contributed by atoms with van der Waals surface area (Å²) in [4.78, 5) is 29.7. The molecule has 1 aliphatic rings. The fraction of sp³-hybridized carbons (Fsp3) is 0.769. The molecule has 6 heteroatoms. The van der Waals surface area contributed by atoms with Crippen molar-refractivity contribution in [2.24, 2.45) is 7.05 Å². The molecular formula is C26H45N3O3. The van der Waals surface area contributed by atoms with Crippen molar-refractivity contribution in [3.8, 4) is 0 Å². The third-order valence-corrected chi connectivity index (χ3v) is 6.43. The average molecular weight is 448 g/mol. The van der Waals surface area contributed by atoms with Gasteiger partial charge in [-0.25, -0.2) is 0 Å². The second kappa shape index (κ2) is 15.1. The van der Waals surface area contributed by atoms with Crippen molar-refractivity contribution < 1.29 is 14.3 Å². The van der Waals surface area contributed by atoms with Crippen LogP contribution in [0.25, 0.3) is 0 Å². The molecule has 0 saturated heterocycles. The summed E-state index contributed by atoms with van der Waals surface area (Å²) in [6.07, 6.45) is 15.7. The van der Waals surface area contributed by atoms with Crippen molar-refractivity contribution >= 4 is 11.8 Å². The maximum atomic E-state index is 13.1. The molecule has 0 N–H and O–H groups in total. The minimum absolute atomic E-state index is 0.0465. The van der Waals surface area contributed by atoms with Gasteiger partial charge in [-0.05, 0) is 31.4 Å². The van der Waals surface area contributed by atoms with Crippen LogP contribution in [0.1, 0.15) is 89.7 Å². The van der Waals surface area contributed by atoms with Gasteiger partial charge in [0.05, 0.1) is 19.7 Å². The van der Waals surface area contributed by atoms with E-state index in [1.54, 1.807) is 12.0 Å². The smallest absolute Gasteiger partial charge is 0.242 e. The molecule has 0 radical (unpaired) electrons. The largest absolute Gasteiger partial charge is 0.383 e. The monoisotopic (exact) mass is 447 g/mol. The third-order valence-electron chi connectivity index (χ3n) is 6.43. The highest BCUT2D eigenvalue weighted by atomic mass is 16.5. The van der Waals surface area contributed by atoms with Gasteiger partial charge in [-0.15, -0.1) is 0 Å². The minimum atomic E-state index is 0.0465. The SMILES string of the molecule is CCCCCCCCCCCC(=O)N(CCOC)CC(=O)N(Cc1cccn1C)C1CC1. The molecule has 0 atom stereocenters. The number of methoxy groups -OCH3 is 1. The maximum absolute atomic E-state index is 13.1. The summed E-state index contributed by atoms with van der Waals surface area (Å²) in [7, 11) is 3.64. The van der Waals surface area contributed by atoms with Crippen molar-refractivity contribution in [3.63, 3.8) is 0 Å². The first-order valence-corrected chi connectivity index (χ1v) is 12.7. The van der Waals surface area contributed by atoms with Crippen LogP contribution in [-0.2, 0) is 27.9 Å². The summed E-state index contributed by atoms with van der Waals surface area (Å²) in [6.45, 7) is 3.94. The number of nitrogens with zero attached hydrogens (tertiary/aromatic N) is 3. The molecule has 1 heterocycles. The molecule has 0 unspecified atom stereocenters. The van der Waals surface area contributed by atoms with Gasteiger partial charge in [0.2, 0.25) is 11.8 Å². The first kappa shape index (κ1) is 26.4. The predicted molar refractivity (Wildman–Crippen MR) is 129 cm³/mol. The van der Waals surface area contributed by atoms with E-state index in [2.05, 4.69) is 17.6 Å². The van der Waals surface area contributed by atoms with Gasteiger partial charge >= 0.3 is 0 Å². The van der Waals surface area contributed by atoms with E-state index in [1.165, 1.54) is 44.9 Å². The number of hydrogen-bond donors (Lipinski definition) is 0. The standard InChI is InChI=1S/C26H45N3O3/c1-4-5-6-7-8-9-10-11-12-15-25(30)28(19-20-32-3)22-26(31)29(23-16-17-23)21-24-14-13-18-27(24)2/h13-14,18,23H,4-12,15-17,19-22H2,1-3H3. The Morgan fingerprint density at radius 3 is 2.25 bits per heavy atom. The zero-order valence-electron chi connectivity index (χ0n) is 20.7. The van der Waals surface area contributed by atoms with Crippen LogP contribution in [0.3, 0.4) is 0 Å². The number of carbonyl (C=O) groups excluding carboxylic acids is 2. The number of carbonyl (C=O) groups is 2. The highest BCUT2D eigenvalue weighted by Crippen LogP contribution is 2.28.